The lowest BCUT2D eigenvalue weighted by Crippen LogP contribution is -2.55. The summed E-state index contributed by atoms with van der Waals surface area (Å²) < 4.78 is 27.1. The predicted molar refractivity (Wildman–Crippen MR) is 65.9 cm³/mol. The fourth-order valence-corrected chi connectivity index (χ4v) is 5.02. The summed E-state index contributed by atoms with van der Waals surface area (Å²) in [6, 6.07) is 0. The van der Waals surface area contributed by atoms with E-state index in [0.717, 1.165) is 17.8 Å². The van der Waals surface area contributed by atoms with Gasteiger partial charge >= 0.3 is 0 Å². The molecule has 0 bridgehead atoms. The van der Waals surface area contributed by atoms with Crippen LogP contribution in [-0.2, 0) is 10.0 Å². The number of aliphatic hydroxyl groups is 1. The molecular weight excluding hydrogens is 284 g/mol. The Morgan fingerprint density at radius 3 is 2.59 bits per heavy atom. The van der Waals surface area contributed by atoms with Gasteiger partial charge in [-0.3, -0.25) is 0 Å². The summed E-state index contributed by atoms with van der Waals surface area (Å²) in [5, 5.41) is 9.26. The van der Waals surface area contributed by atoms with E-state index in [2.05, 4.69) is 9.71 Å². The zero-order valence-electron chi connectivity index (χ0n) is 9.23. The van der Waals surface area contributed by atoms with Crippen molar-refractivity contribution in [3.63, 3.8) is 0 Å². The summed E-state index contributed by atoms with van der Waals surface area (Å²) >= 11 is 6.62. The number of nitrogens with zero attached hydrogens (tertiary/aromatic N) is 1. The molecule has 0 aliphatic heterocycles. The lowest BCUT2D eigenvalue weighted by molar-refractivity contribution is 0.111. The molecule has 0 spiro atoms. The average molecular weight is 297 g/mol. The minimum Gasteiger partial charge on any atom is -0.394 e. The van der Waals surface area contributed by atoms with E-state index in [0.29, 0.717) is 18.5 Å². The van der Waals surface area contributed by atoms with E-state index in [1.165, 1.54) is 0 Å². The lowest BCUT2D eigenvalue weighted by Gasteiger charge is -2.40. The van der Waals surface area contributed by atoms with Crippen LogP contribution in [0.25, 0.3) is 0 Å². The van der Waals surface area contributed by atoms with Gasteiger partial charge in [0.2, 0.25) is 0 Å². The molecule has 0 amide bonds. The predicted octanol–water partition coefficient (Wildman–Crippen LogP) is 1.30. The Morgan fingerprint density at radius 1 is 1.59 bits per heavy atom. The molecule has 1 aromatic heterocycles. The van der Waals surface area contributed by atoms with Crippen LogP contribution in [0, 0.1) is 6.92 Å². The van der Waals surface area contributed by atoms with Gasteiger partial charge in [-0.2, -0.15) is 0 Å². The third kappa shape index (κ3) is 2.48. The molecule has 0 atom stereocenters. The minimum atomic E-state index is -3.64. The minimum absolute atomic E-state index is 0.127. The molecule has 2 rings (SSSR count). The van der Waals surface area contributed by atoms with Crippen LogP contribution < -0.4 is 4.72 Å². The van der Waals surface area contributed by atoms with Crippen molar-refractivity contribution in [1.82, 2.24) is 9.71 Å². The van der Waals surface area contributed by atoms with Crippen LogP contribution in [0.5, 0.6) is 0 Å². The van der Waals surface area contributed by atoms with E-state index in [4.69, 9.17) is 11.6 Å². The molecule has 0 aromatic carbocycles. The number of aromatic nitrogens is 1. The van der Waals surface area contributed by atoms with E-state index >= 15 is 0 Å². The first-order chi connectivity index (χ1) is 7.88. The van der Waals surface area contributed by atoms with Crippen molar-refractivity contribution >= 4 is 33.0 Å². The molecule has 1 aromatic rings. The quantitative estimate of drug-likeness (QED) is 0.878. The summed E-state index contributed by atoms with van der Waals surface area (Å²) in [4.78, 5) is 3.88. The lowest BCUT2D eigenvalue weighted by atomic mass is 9.78. The van der Waals surface area contributed by atoms with E-state index in [1.54, 1.807) is 6.92 Å². The van der Waals surface area contributed by atoms with Crippen molar-refractivity contribution < 1.29 is 13.5 Å². The summed E-state index contributed by atoms with van der Waals surface area (Å²) in [6.45, 7) is 1.42. The molecule has 1 fully saturated rings. The van der Waals surface area contributed by atoms with Gasteiger partial charge in [0, 0.05) is 0 Å². The number of aliphatic hydroxyl groups excluding tert-OH is 1. The highest BCUT2D eigenvalue weighted by molar-refractivity contribution is 7.91. The summed E-state index contributed by atoms with van der Waals surface area (Å²) in [6.07, 6.45) is 2.24. The fraction of sp³-hybridized carbons (Fsp3) is 0.667. The number of aryl methyl sites for hydroxylation is 1. The number of rotatable bonds is 4. The highest BCUT2D eigenvalue weighted by Gasteiger charge is 2.41. The van der Waals surface area contributed by atoms with E-state index in [-0.39, 0.29) is 15.3 Å². The standard InChI is InChI=1S/C9H13ClN2O3S2/c1-6-7(16-8(10)11-6)17(14,15)12-9(5-13)3-2-4-9/h12-13H,2-5H2,1H3. The molecule has 1 heterocycles. The third-order valence-electron chi connectivity index (χ3n) is 2.94. The maximum absolute atomic E-state index is 12.1. The first kappa shape index (κ1) is 13.2. The molecule has 1 saturated carbocycles. The van der Waals surface area contributed by atoms with Gasteiger partial charge in [0.1, 0.15) is 0 Å². The molecule has 0 saturated heterocycles. The Bertz CT molecular complexity index is 517. The van der Waals surface area contributed by atoms with Crippen LogP contribution in [-0.4, -0.2) is 30.7 Å². The SMILES string of the molecule is Cc1nc(Cl)sc1S(=O)(=O)NC1(CO)CCC1. The van der Waals surface area contributed by atoms with Gasteiger partial charge in [0.15, 0.2) is 8.68 Å². The number of hydrogen-bond acceptors (Lipinski definition) is 5. The van der Waals surface area contributed by atoms with Crippen LogP contribution in [0.15, 0.2) is 4.21 Å². The summed E-state index contributed by atoms with van der Waals surface area (Å²) in [5.41, 5.74) is -0.304. The summed E-state index contributed by atoms with van der Waals surface area (Å²) in [5.74, 6) is 0. The number of nitrogens with one attached hydrogen (secondary N) is 1. The van der Waals surface area contributed by atoms with Gasteiger partial charge in [0.25, 0.3) is 10.0 Å². The Labute approximate surface area is 109 Å². The molecule has 8 heteroatoms. The molecule has 0 unspecified atom stereocenters. The smallest absolute Gasteiger partial charge is 0.252 e. The number of halogens is 1. The third-order valence-corrected chi connectivity index (χ3v) is 6.39. The Hall–Kier alpha value is -0.210. The van der Waals surface area contributed by atoms with Crippen LogP contribution in [0.1, 0.15) is 25.0 Å². The topological polar surface area (TPSA) is 79.3 Å². The highest BCUT2D eigenvalue weighted by atomic mass is 35.5. The fourth-order valence-electron chi connectivity index (χ4n) is 1.83. The second-order valence-electron chi connectivity index (χ2n) is 4.24. The zero-order chi connectivity index (χ0) is 12.7. The molecule has 2 N–H and O–H groups in total. The first-order valence-electron chi connectivity index (χ1n) is 5.16. The first-order valence-corrected chi connectivity index (χ1v) is 7.84. The Kier molecular flexibility index (Phi) is 3.48. The van der Waals surface area contributed by atoms with Crippen molar-refractivity contribution in [3.8, 4) is 0 Å². The molecule has 1 aliphatic carbocycles. The van der Waals surface area contributed by atoms with E-state index in [1.807, 2.05) is 0 Å². The van der Waals surface area contributed by atoms with Gasteiger partial charge in [-0.25, -0.2) is 18.1 Å². The van der Waals surface area contributed by atoms with Gasteiger partial charge in [-0.1, -0.05) is 22.9 Å². The van der Waals surface area contributed by atoms with Crippen LogP contribution >= 0.6 is 22.9 Å². The average Bonchev–Trinajstić information content (AvgIpc) is 2.52. The number of hydrogen-bond donors (Lipinski definition) is 2. The van der Waals surface area contributed by atoms with Gasteiger partial charge in [-0.05, 0) is 26.2 Å². The Balaban J connectivity index is 2.28. The molecule has 5 nitrogen and oxygen atoms in total. The van der Waals surface area contributed by atoms with Crippen LogP contribution in [0.3, 0.4) is 0 Å². The van der Waals surface area contributed by atoms with E-state index in [9.17, 15) is 13.5 Å². The van der Waals surface area contributed by atoms with Crippen molar-refractivity contribution in [2.24, 2.45) is 0 Å². The monoisotopic (exact) mass is 296 g/mol. The van der Waals surface area contributed by atoms with Gasteiger partial charge < -0.3 is 5.11 Å². The largest absolute Gasteiger partial charge is 0.394 e. The second-order valence-corrected chi connectivity index (χ2v) is 7.70. The van der Waals surface area contributed by atoms with E-state index < -0.39 is 15.6 Å². The number of sulfonamides is 1. The molecule has 96 valence electrons. The normalized spacial score (nSPS) is 19.0. The van der Waals surface area contributed by atoms with Crippen LogP contribution in [0.2, 0.25) is 4.47 Å². The highest BCUT2D eigenvalue weighted by Crippen LogP contribution is 2.34. The van der Waals surface area contributed by atoms with Crippen molar-refractivity contribution in [3.05, 3.63) is 10.2 Å². The molecule has 17 heavy (non-hydrogen) atoms. The van der Waals surface area contributed by atoms with Crippen molar-refractivity contribution in [2.45, 2.75) is 35.9 Å². The number of thiazole rings is 1. The molecule has 0 radical (unpaired) electrons. The molecule has 1 aliphatic rings. The van der Waals surface area contributed by atoms with Crippen LogP contribution in [0.4, 0.5) is 0 Å². The maximum Gasteiger partial charge on any atom is 0.252 e. The zero-order valence-corrected chi connectivity index (χ0v) is 11.6. The van der Waals surface area contributed by atoms with Crippen molar-refractivity contribution in [1.29, 1.82) is 0 Å². The van der Waals surface area contributed by atoms with Gasteiger partial charge in [0.05, 0.1) is 17.8 Å². The Morgan fingerprint density at radius 2 is 2.24 bits per heavy atom. The summed E-state index contributed by atoms with van der Waals surface area (Å²) in [7, 11) is -3.64. The molecular formula is C9H13ClN2O3S2. The second kappa shape index (κ2) is 4.47. The van der Waals surface area contributed by atoms with Gasteiger partial charge in [-0.15, -0.1) is 0 Å². The maximum atomic E-state index is 12.1. The van der Waals surface area contributed by atoms with Crippen molar-refractivity contribution in [2.75, 3.05) is 6.61 Å².